The molecule has 0 saturated carbocycles. The minimum Gasteiger partial charge on any atom is -0.462 e. The lowest BCUT2D eigenvalue weighted by molar-refractivity contribution is -0.161. The normalized spacial score (nSPS) is 14.1. The second-order valence-corrected chi connectivity index (χ2v) is 14.8. The molecule has 10 nitrogen and oxygen atoms in total. The summed E-state index contributed by atoms with van der Waals surface area (Å²) < 4.78 is 32.5. The third-order valence-corrected chi connectivity index (χ3v) is 9.37. The van der Waals surface area contributed by atoms with Gasteiger partial charge in [0.2, 0.25) is 0 Å². The molecule has 0 amide bonds. The van der Waals surface area contributed by atoms with Crippen LogP contribution in [0.25, 0.3) is 0 Å². The van der Waals surface area contributed by atoms with Gasteiger partial charge in [-0.15, -0.1) is 0 Å². The van der Waals surface area contributed by atoms with Crippen LogP contribution in [0.5, 0.6) is 0 Å². The molecule has 290 valence electrons. The van der Waals surface area contributed by atoms with Crippen molar-refractivity contribution in [3.63, 3.8) is 0 Å². The van der Waals surface area contributed by atoms with Gasteiger partial charge in [-0.2, -0.15) is 0 Å². The molecule has 3 N–H and O–H groups in total. The van der Waals surface area contributed by atoms with E-state index in [0.717, 1.165) is 38.5 Å². The Hall–Kier alpha value is -1.29. The fourth-order valence-electron chi connectivity index (χ4n) is 5.34. The van der Waals surface area contributed by atoms with Gasteiger partial charge in [0.25, 0.3) is 0 Å². The number of rotatable bonds is 37. The number of esters is 2. The lowest BCUT2D eigenvalue weighted by atomic mass is 10.1. The first kappa shape index (κ1) is 47.7. The molecule has 0 aliphatic rings. The van der Waals surface area contributed by atoms with Crippen molar-refractivity contribution in [1.82, 2.24) is 0 Å². The maximum absolute atomic E-state index is 12.5. The minimum absolute atomic E-state index is 0.185. The van der Waals surface area contributed by atoms with Crippen LogP contribution in [0.15, 0.2) is 12.2 Å². The Morgan fingerprint density at radius 2 is 1.00 bits per heavy atom. The van der Waals surface area contributed by atoms with E-state index in [1.54, 1.807) is 0 Å². The Morgan fingerprint density at radius 3 is 1.47 bits per heavy atom. The standard InChI is InChI=1S/C38H73O10P/c1-3-5-7-9-11-12-13-14-15-16-17-18-19-20-21-22-24-26-28-30-38(42)48-36(34-47-49(43,44)46-32-35(40)31-39)33-45-37(41)29-27-25-23-10-8-6-4-2/h14-15,35-36,39-40H,3-13,16-34H2,1-2H3,(H,43,44)/b15-14-. The number of unbranched alkanes of at least 4 members (excludes halogenated alkanes) is 21. The van der Waals surface area contributed by atoms with Crippen LogP contribution < -0.4 is 0 Å². The highest BCUT2D eigenvalue weighted by atomic mass is 31.2. The lowest BCUT2D eigenvalue weighted by Gasteiger charge is -2.20. The molecule has 0 saturated heterocycles. The molecular weight excluding hydrogens is 647 g/mol. The highest BCUT2D eigenvalue weighted by Gasteiger charge is 2.27. The highest BCUT2D eigenvalue weighted by molar-refractivity contribution is 7.47. The first-order chi connectivity index (χ1) is 23.7. The molecule has 0 aromatic carbocycles. The predicted octanol–water partition coefficient (Wildman–Crippen LogP) is 9.67. The monoisotopic (exact) mass is 720 g/mol. The number of allylic oxidation sites excluding steroid dienone is 2. The molecule has 0 aliphatic heterocycles. The number of hydrogen-bond acceptors (Lipinski definition) is 9. The van der Waals surface area contributed by atoms with Crippen LogP contribution in [0.3, 0.4) is 0 Å². The van der Waals surface area contributed by atoms with Crippen LogP contribution in [0.2, 0.25) is 0 Å². The van der Waals surface area contributed by atoms with Gasteiger partial charge in [-0.25, -0.2) is 4.57 Å². The zero-order valence-electron chi connectivity index (χ0n) is 31.2. The summed E-state index contributed by atoms with van der Waals surface area (Å²) in [5, 5.41) is 18.2. The third kappa shape index (κ3) is 34.9. The molecule has 0 rings (SSSR count). The van der Waals surface area contributed by atoms with E-state index in [-0.39, 0.29) is 19.4 Å². The summed E-state index contributed by atoms with van der Waals surface area (Å²) in [4.78, 5) is 34.7. The predicted molar refractivity (Wildman–Crippen MR) is 196 cm³/mol. The maximum atomic E-state index is 12.5. The smallest absolute Gasteiger partial charge is 0.462 e. The van der Waals surface area contributed by atoms with E-state index in [4.69, 9.17) is 19.1 Å². The Kier molecular flexibility index (Phi) is 34.2. The average Bonchev–Trinajstić information content (AvgIpc) is 3.09. The van der Waals surface area contributed by atoms with Crippen LogP contribution in [0, 0.1) is 0 Å². The van der Waals surface area contributed by atoms with Gasteiger partial charge < -0.3 is 24.6 Å². The molecule has 0 radical (unpaired) electrons. The quantitative estimate of drug-likeness (QED) is 0.0245. The number of phosphoric acid groups is 1. The van der Waals surface area contributed by atoms with Crippen LogP contribution >= 0.6 is 7.82 Å². The van der Waals surface area contributed by atoms with Crippen molar-refractivity contribution in [2.45, 2.75) is 193 Å². The lowest BCUT2D eigenvalue weighted by Crippen LogP contribution is -2.29. The SMILES string of the molecule is CCCCCCCC/C=C\CCCCCCCCCCCC(=O)OC(COC(=O)CCCCCCCCC)COP(=O)(O)OCC(O)CO. The summed E-state index contributed by atoms with van der Waals surface area (Å²) in [5.41, 5.74) is 0. The van der Waals surface area contributed by atoms with Gasteiger partial charge in [-0.1, -0.05) is 142 Å². The second-order valence-electron chi connectivity index (χ2n) is 13.3. The largest absolute Gasteiger partial charge is 0.472 e. The number of aliphatic hydroxyl groups is 2. The molecule has 0 bridgehead atoms. The van der Waals surface area contributed by atoms with E-state index >= 15 is 0 Å². The summed E-state index contributed by atoms with van der Waals surface area (Å²) in [6, 6.07) is 0. The van der Waals surface area contributed by atoms with Crippen molar-refractivity contribution in [1.29, 1.82) is 0 Å². The van der Waals surface area contributed by atoms with E-state index in [1.807, 2.05) is 0 Å². The van der Waals surface area contributed by atoms with E-state index in [0.29, 0.717) is 12.8 Å². The van der Waals surface area contributed by atoms with Crippen molar-refractivity contribution in [3.8, 4) is 0 Å². The Balaban J connectivity index is 4.21. The highest BCUT2D eigenvalue weighted by Crippen LogP contribution is 2.43. The first-order valence-corrected chi connectivity index (χ1v) is 21.1. The number of ether oxygens (including phenoxy) is 2. The molecule has 0 spiro atoms. The maximum Gasteiger partial charge on any atom is 0.472 e. The van der Waals surface area contributed by atoms with Gasteiger partial charge in [0, 0.05) is 12.8 Å². The topological polar surface area (TPSA) is 149 Å². The number of phosphoric ester groups is 1. The van der Waals surface area contributed by atoms with Gasteiger partial charge in [0.1, 0.15) is 12.7 Å². The molecule has 0 fully saturated rings. The van der Waals surface area contributed by atoms with E-state index in [2.05, 4.69) is 30.5 Å². The average molecular weight is 721 g/mol. The zero-order valence-corrected chi connectivity index (χ0v) is 32.1. The third-order valence-electron chi connectivity index (χ3n) is 8.42. The van der Waals surface area contributed by atoms with Crippen molar-refractivity contribution < 1.29 is 47.8 Å². The van der Waals surface area contributed by atoms with Crippen molar-refractivity contribution in [2.24, 2.45) is 0 Å². The van der Waals surface area contributed by atoms with Crippen molar-refractivity contribution in [2.75, 3.05) is 26.4 Å². The van der Waals surface area contributed by atoms with Crippen LogP contribution in [0.4, 0.5) is 0 Å². The number of aliphatic hydroxyl groups excluding tert-OH is 2. The fourth-order valence-corrected chi connectivity index (χ4v) is 6.13. The van der Waals surface area contributed by atoms with E-state index in [1.165, 1.54) is 103 Å². The molecule has 0 heterocycles. The second kappa shape index (κ2) is 35.1. The minimum atomic E-state index is -4.60. The molecule has 3 atom stereocenters. The summed E-state index contributed by atoms with van der Waals surface area (Å²) >= 11 is 0. The summed E-state index contributed by atoms with van der Waals surface area (Å²) in [6.45, 7) is 2.32. The number of carbonyl (C=O) groups is 2. The van der Waals surface area contributed by atoms with Gasteiger partial charge in [0.15, 0.2) is 6.10 Å². The van der Waals surface area contributed by atoms with Gasteiger partial charge >= 0.3 is 19.8 Å². The molecule has 0 aromatic rings. The molecule has 49 heavy (non-hydrogen) atoms. The summed E-state index contributed by atoms with van der Waals surface area (Å²) in [7, 11) is -4.60. The van der Waals surface area contributed by atoms with E-state index < -0.39 is 51.8 Å². The van der Waals surface area contributed by atoms with Crippen LogP contribution in [-0.4, -0.2) is 65.7 Å². The van der Waals surface area contributed by atoms with Crippen molar-refractivity contribution in [3.05, 3.63) is 12.2 Å². The number of hydrogen-bond donors (Lipinski definition) is 3. The first-order valence-electron chi connectivity index (χ1n) is 19.6. The molecule has 0 aromatic heterocycles. The number of carbonyl (C=O) groups excluding carboxylic acids is 2. The van der Waals surface area contributed by atoms with Crippen LogP contribution in [-0.2, 0) is 32.7 Å². The fraction of sp³-hybridized carbons (Fsp3) is 0.895. The molecule has 11 heteroatoms. The zero-order chi connectivity index (χ0) is 36.3. The van der Waals surface area contributed by atoms with E-state index in [9.17, 15) is 24.2 Å². The Labute approximate surface area is 298 Å². The Morgan fingerprint density at radius 1 is 0.592 bits per heavy atom. The van der Waals surface area contributed by atoms with Gasteiger partial charge in [-0.05, 0) is 38.5 Å². The van der Waals surface area contributed by atoms with Crippen molar-refractivity contribution >= 4 is 19.8 Å². The molecule has 3 unspecified atom stereocenters. The summed E-state index contributed by atoms with van der Waals surface area (Å²) in [5.74, 6) is -0.929. The van der Waals surface area contributed by atoms with Gasteiger partial charge in [-0.3, -0.25) is 18.6 Å². The summed E-state index contributed by atoms with van der Waals surface area (Å²) in [6.07, 6.45) is 30.6. The van der Waals surface area contributed by atoms with Gasteiger partial charge in [0.05, 0.1) is 19.8 Å². The molecular formula is C38H73O10P. The Bertz CT molecular complexity index is 837. The molecule has 0 aliphatic carbocycles. The van der Waals surface area contributed by atoms with Crippen LogP contribution in [0.1, 0.15) is 181 Å².